The number of rotatable bonds is 13. The first-order chi connectivity index (χ1) is 19.8. The van der Waals surface area contributed by atoms with Crippen molar-refractivity contribution in [2.45, 2.75) is 78.4 Å². The lowest BCUT2D eigenvalue weighted by Gasteiger charge is -2.34. The maximum atomic E-state index is 14.0. The summed E-state index contributed by atoms with van der Waals surface area (Å²) in [5.41, 5.74) is 4.16. The Morgan fingerprint density at radius 1 is 0.881 bits per heavy atom. The summed E-state index contributed by atoms with van der Waals surface area (Å²) in [7, 11) is -3.56. The van der Waals surface area contributed by atoms with Gasteiger partial charge < -0.3 is 10.2 Å². The number of sulfonamides is 1. The molecule has 1 N–H and O–H groups in total. The fourth-order valence-corrected chi connectivity index (χ4v) is 5.88. The molecular weight excluding hydrogens is 546 g/mol. The summed E-state index contributed by atoms with van der Waals surface area (Å²) >= 11 is 0. The molecule has 0 aliphatic heterocycles. The first-order valence-corrected chi connectivity index (χ1v) is 16.4. The van der Waals surface area contributed by atoms with Gasteiger partial charge in [-0.15, -0.1) is 0 Å². The summed E-state index contributed by atoms with van der Waals surface area (Å²) in [4.78, 5) is 29.3. The van der Waals surface area contributed by atoms with E-state index in [2.05, 4.69) is 5.32 Å². The molecule has 0 heterocycles. The average Bonchev–Trinajstić information content (AvgIpc) is 2.92. The van der Waals surface area contributed by atoms with Crippen molar-refractivity contribution >= 4 is 27.5 Å². The Hall–Kier alpha value is -3.65. The molecule has 8 heteroatoms. The molecule has 0 saturated heterocycles. The van der Waals surface area contributed by atoms with Gasteiger partial charge in [0.1, 0.15) is 6.04 Å². The van der Waals surface area contributed by atoms with Crippen molar-refractivity contribution < 1.29 is 18.0 Å². The molecule has 0 spiro atoms. The van der Waals surface area contributed by atoms with Crippen molar-refractivity contribution in [2.24, 2.45) is 0 Å². The van der Waals surface area contributed by atoms with Gasteiger partial charge in [-0.2, -0.15) is 0 Å². The number of nitrogens with one attached hydrogen (secondary N) is 1. The molecule has 3 aromatic carbocycles. The number of hydrogen-bond donors (Lipinski definition) is 1. The normalized spacial score (nSPS) is 12.4. The molecule has 0 aliphatic carbocycles. The van der Waals surface area contributed by atoms with E-state index in [0.717, 1.165) is 28.7 Å². The number of amides is 2. The Morgan fingerprint density at radius 2 is 1.52 bits per heavy atom. The monoisotopic (exact) mass is 591 g/mol. The molecule has 1 unspecified atom stereocenters. The van der Waals surface area contributed by atoms with Crippen LogP contribution in [-0.2, 0) is 39.0 Å². The highest BCUT2D eigenvalue weighted by molar-refractivity contribution is 7.92. The zero-order valence-electron chi connectivity index (χ0n) is 25.8. The van der Waals surface area contributed by atoms with Gasteiger partial charge in [0.2, 0.25) is 21.8 Å². The molecule has 0 aromatic heterocycles. The third-order valence-electron chi connectivity index (χ3n) is 6.99. The summed E-state index contributed by atoms with van der Waals surface area (Å²) in [6.45, 7) is 10.2. The number of aryl methyl sites for hydroxylation is 2. The Labute approximate surface area is 252 Å². The highest BCUT2D eigenvalue weighted by atomic mass is 32.2. The van der Waals surface area contributed by atoms with Gasteiger partial charge in [0.05, 0.1) is 11.9 Å². The predicted molar refractivity (Wildman–Crippen MR) is 171 cm³/mol. The number of carbonyl (C=O) groups excluding carboxylic acids is 2. The van der Waals surface area contributed by atoms with Crippen LogP contribution in [0.5, 0.6) is 0 Å². The minimum absolute atomic E-state index is 0.0962. The quantitative estimate of drug-likeness (QED) is 0.278. The molecule has 3 rings (SSSR count). The number of carbonyl (C=O) groups is 2. The van der Waals surface area contributed by atoms with Crippen molar-refractivity contribution in [3.05, 3.63) is 101 Å². The van der Waals surface area contributed by atoms with Crippen LogP contribution in [0.2, 0.25) is 0 Å². The zero-order chi connectivity index (χ0) is 30.9. The van der Waals surface area contributed by atoms with Crippen LogP contribution in [-0.4, -0.2) is 49.5 Å². The molecule has 226 valence electrons. The van der Waals surface area contributed by atoms with Crippen LogP contribution < -0.4 is 9.62 Å². The maximum Gasteiger partial charge on any atom is 0.243 e. The fourth-order valence-electron chi connectivity index (χ4n) is 4.92. The number of benzene rings is 3. The van der Waals surface area contributed by atoms with Crippen LogP contribution in [0.15, 0.2) is 78.9 Å². The van der Waals surface area contributed by atoms with Crippen LogP contribution in [0.25, 0.3) is 0 Å². The van der Waals surface area contributed by atoms with Gasteiger partial charge in [0.25, 0.3) is 0 Å². The van der Waals surface area contributed by atoms with Gasteiger partial charge in [0.15, 0.2) is 0 Å². The van der Waals surface area contributed by atoms with E-state index in [9.17, 15) is 18.0 Å². The minimum Gasteiger partial charge on any atom is -0.350 e. The smallest absolute Gasteiger partial charge is 0.243 e. The second-order valence-electron chi connectivity index (χ2n) is 11.9. The molecule has 42 heavy (non-hydrogen) atoms. The maximum absolute atomic E-state index is 14.0. The molecule has 7 nitrogen and oxygen atoms in total. The third kappa shape index (κ3) is 10.0. The van der Waals surface area contributed by atoms with Gasteiger partial charge in [-0.25, -0.2) is 8.42 Å². The van der Waals surface area contributed by atoms with Gasteiger partial charge >= 0.3 is 0 Å². The van der Waals surface area contributed by atoms with E-state index in [4.69, 9.17) is 0 Å². The second kappa shape index (κ2) is 14.5. The number of nitrogens with zero attached hydrogens (tertiary/aromatic N) is 2. The number of anilines is 1. The lowest BCUT2D eigenvalue weighted by molar-refractivity contribution is -0.142. The first kappa shape index (κ1) is 32.9. The van der Waals surface area contributed by atoms with Crippen molar-refractivity contribution in [1.82, 2.24) is 10.2 Å². The van der Waals surface area contributed by atoms with Crippen LogP contribution in [0.4, 0.5) is 5.69 Å². The fraction of sp³-hybridized carbons (Fsp3) is 0.412. The highest BCUT2D eigenvalue weighted by Crippen LogP contribution is 2.21. The first-order valence-electron chi connectivity index (χ1n) is 14.5. The molecule has 1 atom stereocenters. The molecule has 0 radical (unpaired) electrons. The van der Waals surface area contributed by atoms with Crippen LogP contribution >= 0.6 is 0 Å². The van der Waals surface area contributed by atoms with E-state index in [-0.39, 0.29) is 31.3 Å². The highest BCUT2D eigenvalue weighted by Gasteiger charge is 2.32. The number of hydrogen-bond acceptors (Lipinski definition) is 4. The largest absolute Gasteiger partial charge is 0.350 e. The zero-order valence-corrected chi connectivity index (χ0v) is 26.6. The molecule has 2 amide bonds. The molecule has 0 bridgehead atoms. The van der Waals surface area contributed by atoms with Crippen LogP contribution in [0, 0.1) is 6.92 Å². The van der Waals surface area contributed by atoms with Crippen molar-refractivity contribution in [3.8, 4) is 0 Å². The van der Waals surface area contributed by atoms with E-state index in [1.165, 1.54) is 10.6 Å². The Morgan fingerprint density at radius 3 is 2.10 bits per heavy atom. The summed E-state index contributed by atoms with van der Waals surface area (Å²) in [5.74, 6) is -0.419. The van der Waals surface area contributed by atoms with E-state index < -0.39 is 21.6 Å². The lowest BCUT2D eigenvalue weighted by atomic mass is 10.00. The summed E-state index contributed by atoms with van der Waals surface area (Å²) in [6, 6.07) is 24.3. The van der Waals surface area contributed by atoms with Crippen molar-refractivity contribution in [1.29, 1.82) is 0 Å². The Balaban J connectivity index is 1.89. The van der Waals surface area contributed by atoms with Crippen molar-refractivity contribution in [3.63, 3.8) is 0 Å². The van der Waals surface area contributed by atoms with E-state index in [0.29, 0.717) is 18.5 Å². The Kier molecular flexibility index (Phi) is 11.3. The topological polar surface area (TPSA) is 86.8 Å². The van der Waals surface area contributed by atoms with Gasteiger partial charge in [-0.05, 0) is 69.4 Å². The van der Waals surface area contributed by atoms with E-state index >= 15 is 0 Å². The van der Waals surface area contributed by atoms with Crippen LogP contribution in [0.3, 0.4) is 0 Å². The SMILES string of the molecule is CCc1ccc(N(CCCC(=O)N(Cc2cccc(C)c2)C(Cc2ccccc2)C(=O)NC(C)(C)C)S(C)(=O)=O)cc1. The van der Waals surface area contributed by atoms with E-state index in [1.807, 2.05) is 101 Å². The van der Waals surface area contributed by atoms with Gasteiger partial charge in [0, 0.05) is 31.5 Å². The lowest BCUT2D eigenvalue weighted by Crippen LogP contribution is -2.54. The third-order valence-corrected chi connectivity index (χ3v) is 8.18. The predicted octanol–water partition coefficient (Wildman–Crippen LogP) is 5.66. The van der Waals surface area contributed by atoms with Crippen LogP contribution in [0.1, 0.15) is 62.8 Å². The molecule has 3 aromatic rings. The van der Waals surface area contributed by atoms with Crippen molar-refractivity contribution in [2.75, 3.05) is 17.1 Å². The Bertz CT molecular complexity index is 1430. The average molecular weight is 592 g/mol. The second-order valence-corrected chi connectivity index (χ2v) is 13.8. The molecule has 0 saturated carbocycles. The molecule has 0 aliphatic rings. The van der Waals surface area contributed by atoms with E-state index in [1.54, 1.807) is 17.0 Å². The molecular formula is C34H45N3O4S. The summed E-state index contributed by atoms with van der Waals surface area (Å²) in [5, 5.41) is 3.08. The summed E-state index contributed by atoms with van der Waals surface area (Å²) in [6.07, 6.45) is 2.81. The summed E-state index contributed by atoms with van der Waals surface area (Å²) < 4.78 is 26.7. The van der Waals surface area contributed by atoms with Gasteiger partial charge in [-0.3, -0.25) is 13.9 Å². The van der Waals surface area contributed by atoms with Gasteiger partial charge in [-0.1, -0.05) is 79.2 Å². The molecule has 0 fully saturated rings. The minimum atomic E-state index is -3.56. The standard InChI is InChI=1S/C34H45N3O4S/c1-7-27-18-20-30(21-19-27)37(42(6,40)41)22-12-17-32(38)36(25-29-16-11-13-26(2)23-29)31(33(39)35-34(3,4)5)24-28-14-9-8-10-15-28/h8-11,13-16,18-21,23,31H,7,12,17,22,24-25H2,1-6H3,(H,35,39).